The van der Waals surface area contributed by atoms with Crippen molar-refractivity contribution in [1.82, 2.24) is 4.90 Å². The molecule has 0 fully saturated rings. The molecule has 0 aromatic heterocycles. The molecule has 0 spiro atoms. The Morgan fingerprint density at radius 3 is 2.82 bits per heavy atom. The molecular weight excluding hydrogens is 140 g/mol. The zero-order valence-corrected chi connectivity index (χ0v) is 6.79. The molecule has 0 bridgehead atoms. The number of hydrogen-bond acceptors (Lipinski definition) is 2. The van der Waals surface area contributed by atoms with Gasteiger partial charge in [-0.15, -0.1) is 0 Å². The van der Waals surface area contributed by atoms with Gasteiger partial charge in [-0.1, -0.05) is 6.08 Å². The maximum Gasteiger partial charge on any atom is 0.246 e. The van der Waals surface area contributed by atoms with Crippen LogP contribution in [0.15, 0.2) is 23.5 Å². The second-order valence-corrected chi connectivity index (χ2v) is 2.68. The first-order valence-electron chi connectivity index (χ1n) is 3.51. The molecule has 60 valence electrons. The summed E-state index contributed by atoms with van der Waals surface area (Å²) >= 11 is 0. The lowest BCUT2D eigenvalue weighted by Crippen LogP contribution is -2.20. The van der Waals surface area contributed by atoms with Gasteiger partial charge in [0.25, 0.3) is 0 Å². The number of amides is 1. The molecular formula is C8H12N2O. The standard InChI is InChI=1S/C8H12N2O/c1-6-3-4-7(8(9)11)5-10(6)2/h3,5H,4H2,1-2H3,(H2,9,11). The fourth-order valence-corrected chi connectivity index (χ4v) is 0.954. The Balaban J connectivity index is 2.77. The van der Waals surface area contributed by atoms with Gasteiger partial charge in [0.2, 0.25) is 5.91 Å². The topological polar surface area (TPSA) is 46.3 Å². The molecule has 0 saturated carbocycles. The summed E-state index contributed by atoms with van der Waals surface area (Å²) in [5, 5.41) is 0. The first kappa shape index (κ1) is 7.85. The normalized spacial score (nSPS) is 17.5. The van der Waals surface area contributed by atoms with Gasteiger partial charge in [0.05, 0.1) is 0 Å². The van der Waals surface area contributed by atoms with E-state index in [0.717, 1.165) is 5.70 Å². The first-order chi connectivity index (χ1) is 5.11. The van der Waals surface area contributed by atoms with E-state index in [1.807, 2.05) is 24.9 Å². The van der Waals surface area contributed by atoms with E-state index in [2.05, 4.69) is 0 Å². The molecule has 0 aliphatic carbocycles. The highest BCUT2D eigenvalue weighted by atomic mass is 16.1. The average molecular weight is 152 g/mol. The number of carbonyl (C=O) groups excluding carboxylic acids is 1. The SMILES string of the molecule is CC1=CCC(C(N)=O)=CN1C. The van der Waals surface area contributed by atoms with Crippen LogP contribution in [0, 0.1) is 0 Å². The molecule has 1 heterocycles. The number of rotatable bonds is 1. The van der Waals surface area contributed by atoms with Crippen LogP contribution in [0.2, 0.25) is 0 Å². The third-order valence-electron chi connectivity index (χ3n) is 1.84. The van der Waals surface area contributed by atoms with E-state index in [0.29, 0.717) is 12.0 Å². The zero-order chi connectivity index (χ0) is 8.43. The van der Waals surface area contributed by atoms with E-state index in [4.69, 9.17) is 5.73 Å². The summed E-state index contributed by atoms with van der Waals surface area (Å²) in [5.74, 6) is -0.333. The van der Waals surface area contributed by atoms with Crippen LogP contribution in [0.1, 0.15) is 13.3 Å². The van der Waals surface area contributed by atoms with E-state index in [-0.39, 0.29) is 5.91 Å². The summed E-state index contributed by atoms with van der Waals surface area (Å²) in [6.07, 6.45) is 4.42. The minimum absolute atomic E-state index is 0.333. The third-order valence-corrected chi connectivity index (χ3v) is 1.84. The Hall–Kier alpha value is -1.25. The van der Waals surface area contributed by atoms with Gasteiger partial charge in [-0.05, 0) is 13.3 Å². The van der Waals surface area contributed by atoms with Crippen LogP contribution in [-0.2, 0) is 4.79 Å². The number of primary amides is 1. The Kier molecular flexibility index (Phi) is 1.98. The van der Waals surface area contributed by atoms with Gasteiger partial charge in [-0.2, -0.15) is 0 Å². The monoisotopic (exact) mass is 152 g/mol. The lowest BCUT2D eigenvalue weighted by Gasteiger charge is -2.20. The minimum Gasteiger partial charge on any atom is -0.366 e. The third kappa shape index (κ3) is 1.61. The molecule has 0 aromatic rings. The molecule has 0 unspecified atom stereocenters. The Bertz CT molecular complexity index is 240. The van der Waals surface area contributed by atoms with E-state index in [1.165, 1.54) is 0 Å². The minimum atomic E-state index is -0.333. The molecule has 1 amide bonds. The van der Waals surface area contributed by atoms with Crippen LogP contribution in [0.4, 0.5) is 0 Å². The molecule has 0 radical (unpaired) electrons. The van der Waals surface area contributed by atoms with E-state index in [9.17, 15) is 4.79 Å². The van der Waals surface area contributed by atoms with Gasteiger partial charge >= 0.3 is 0 Å². The van der Waals surface area contributed by atoms with Gasteiger partial charge in [0, 0.05) is 24.5 Å². The maximum atomic E-state index is 10.7. The zero-order valence-electron chi connectivity index (χ0n) is 6.79. The summed E-state index contributed by atoms with van der Waals surface area (Å²) in [6, 6.07) is 0. The van der Waals surface area contributed by atoms with Crippen LogP contribution >= 0.6 is 0 Å². The van der Waals surface area contributed by atoms with Gasteiger partial charge in [-0.3, -0.25) is 4.79 Å². The van der Waals surface area contributed by atoms with Crippen LogP contribution in [0.25, 0.3) is 0 Å². The van der Waals surface area contributed by atoms with Gasteiger partial charge in [0.1, 0.15) is 0 Å². The van der Waals surface area contributed by atoms with Crippen molar-refractivity contribution < 1.29 is 4.79 Å². The number of allylic oxidation sites excluding steroid dienone is 2. The highest BCUT2D eigenvalue weighted by Gasteiger charge is 2.09. The predicted molar refractivity (Wildman–Crippen MR) is 43.4 cm³/mol. The van der Waals surface area contributed by atoms with E-state index < -0.39 is 0 Å². The molecule has 1 aliphatic rings. The summed E-state index contributed by atoms with van der Waals surface area (Å²) in [5.41, 5.74) is 6.92. The molecule has 0 saturated heterocycles. The lowest BCUT2D eigenvalue weighted by molar-refractivity contribution is -0.114. The van der Waals surface area contributed by atoms with Crippen LogP contribution in [-0.4, -0.2) is 17.9 Å². The number of carbonyl (C=O) groups is 1. The molecule has 3 heteroatoms. The van der Waals surface area contributed by atoms with Gasteiger partial charge in [-0.25, -0.2) is 0 Å². The number of hydrogen-bond donors (Lipinski definition) is 1. The molecule has 3 nitrogen and oxygen atoms in total. The van der Waals surface area contributed by atoms with Crippen molar-refractivity contribution in [2.75, 3.05) is 7.05 Å². The number of nitrogens with two attached hydrogens (primary N) is 1. The Morgan fingerprint density at radius 1 is 1.73 bits per heavy atom. The smallest absolute Gasteiger partial charge is 0.246 e. The highest BCUT2D eigenvalue weighted by molar-refractivity contribution is 5.92. The molecule has 0 atom stereocenters. The summed E-state index contributed by atoms with van der Waals surface area (Å²) in [4.78, 5) is 12.6. The lowest BCUT2D eigenvalue weighted by atomic mass is 10.1. The fourth-order valence-electron chi connectivity index (χ4n) is 0.954. The second kappa shape index (κ2) is 2.78. The van der Waals surface area contributed by atoms with E-state index >= 15 is 0 Å². The summed E-state index contributed by atoms with van der Waals surface area (Å²) in [6.45, 7) is 1.99. The van der Waals surface area contributed by atoms with Crippen LogP contribution in [0.5, 0.6) is 0 Å². The molecule has 11 heavy (non-hydrogen) atoms. The van der Waals surface area contributed by atoms with Crippen molar-refractivity contribution in [2.24, 2.45) is 5.73 Å². The van der Waals surface area contributed by atoms with Gasteiger partial charge in [0.15, 0.2) is 0 Å². The average Bonchev–Trinajstić information content (AvgIpc) is 1.94. The maximum absolute atomic E-state index is 10.7. The summed E-state index contributed by atoms with van der Waals surface area (Å²) in [7, 11) is 1.90. The van der Waals surface area contributed by atoms with Crippen molar-refractivity contribution in [3.05, 3.63) is 23.5 Å². The summed E-state index contributed by atoms with van der Waals surface area (Å²) < 4.78 is 0. The largest absolute Gasteiger partial charge is 0.366 e. The van der Waals surface area contributed by atoms with Crippen LogP contribution in [0.3, 0.4) is 0 Å². The first-order valence-corrected chi connectivity index (χ1v) is 3.51. The van der Waals surface area contributed by atoms with Crippen molar-refractivity contribution in [3.8, 4) is 0 Å². The fraction of sp³-hybridized carbons (Fsp3) is 0.375. The Morgan fingerprint density at radius 2 is 2.36 bits per heavy atom. The predicted octanol–water partition coefficient (Wildman–Crippen LogP) is 0.595. The molecule has 2 N–H and O–H groups in total. The van der Waals surface area contributed by atoms with E-state index in [1.54, 1.807) is 6.20 Å². The Labute approximate surface area is 66.2 Å². The molecule has 1 rings (SSSR count). The van der Waals surface area contributed by atoms with Crippen LogP contribution < -0.4 is 5.73 Å². The van der Waals surface area contributed by atoms with Gasteiger partial charge < -0.3 is 10.6 Å². The highest BCUT2D eigenvalue weighted by Crippen LogP contribution is 2.15. The number of nitrogens with zero attached hydrogens (tertiary/aromatic N) is 1. The van der Waals surface area contributed by atoms with Crippen molar-refractivity contribution in [3.63, 3.8) is 0 Å². The second-order valence-electron chi connectivity index (χ2n) is 2.68. The van der Waals surface area contributed by atoms with Crippen molar-refractivity contribution in [1.29, 1.82) is 0 Å². The molecule has 1 aliphatic heterocycles. The molecule has 0 aromatic carbocycles. The van der Waals surface area contributed by atoms with Crippen molar-refractivity contribution in [2.45, 2.75) is 13.3 Å². The van der Waals surface area contributed by atoms with Crippen molar-refractivity contribution >= 4 is 5.91 Å². The quantitative estimate of drug-likeness (QED) is 0.598.